The normalized spacial score (nSPS) is 14.4. The first-order valence-electron chi connectivity index (χ1n) is 6.16. The monoisotopic (exact) mass is 251 g/mol. The van der Waals surface area contributed by atoms with Crippen LogP contribution < -0.4 is 5.32 Å². The molecule has 0 spiro atoms. The number of aliphatic hydroxyl groups excluding tert-OH is 1. The zero-order chi connectivity index (χ0) is 13.4. The zero-order valence-electron chi connectivity index (χ0n) is 10.9. The minimum Gasteiger partial charge on any atom is -0.356 e. The van der Waals surface area contributed by atoms with Crippen LogP contribution in [0.4, 0.5) is 0 Å². The van der Waals surface area contributed by atoms with Crippen LogP contribution in [-0.4, -0.2) is 23.8 Å². The van der Waals surface area contributed by atoms with E-state index in [2.05, 4.69) is 5.32 Å². The molecule has 18 heavy (non-hydrogen) atoms. The number of aldehydes is 1. The smallest absolute Gasteiger partial charge is 0.214 e. The van der Waals surface area contributed by atoms with Crippen LogP contribution in [0.2, 0.25) is 0 Å². The molecular weight excluding hydrogens is 230 g/mol. The van der Waals surface area contributed by atoms with Gasteiger partial charge in [0.05, 0.1) is 12.6 Å². The molecule has 0 saturated heterocycles. The second-order valence-corrected chi connectivity index (χ2v) is 4.69. The van der Waals surface area contributed by atoms with E-state index in [4.69, 9.17) is 4.74 Å². The Balaban J connectivity index is 2.32. The summed E-state index contributed by atoms with van der Waals surface area (Å²) < 4.78 is 5.23. The summed E-state index contributed by atoms with van der Waals surface area (Å²) in [5.41, 5.74) is 0.977. The van der Waals surface area contributed by atoms with E-state index in [-0.39, 0.29) is 6.04 Å². The van der Waals surface area contributed by atoms with Crippen molar-refractivity contribution in [3.63, 3.8) is 0 Å². The third-order valence-corrected chi connectivity index (χ3v) is 2.50. The van der Waals surface area contributed by atoms with Gasteiger partial charge in [0.1, 0.15) is 6.29 Å². The molecular formula is C14H21NO3. The molecule has 1 aromatic rings. The first-order chi connectivity index (χ1) is 8.61. The Labute approximate surface area is 108 Å². The van der Waals surface area contributed by atoms with E-state index in [1.54, 1.807) is 0 Å². The second-order valence-electron chi connectivity index (χ2n) is 4.69. The van der Waals surface area contributed by atoms with Crippen LogP contribution in [0.15, 0.2) is 30.3 Å². The summed E-state index contributed by atoms with van der Waals surface area (Å²) in [6, 6.07) is 9.19. The summed E-state index contributed by atoms with van der Waals surface area (Å²) in [7, 11) is 0. The summed E-state index contributed by atoms with van der Waals surface area (Å²) in [4.78, 5) is 10.8. The molecule has 0 heterocycles. The van der Waals surface area contributed by atoms with E-state index in [0.717, 1.165) is 11.8 Å². The highest BCUT2D eigenvalue weighted by atomic mass is 16.6. The van der Waals surface area contributed by atoms with E-state index in [1.807, 2.05) is 44.2 Å². The van der Waals surface area contributed by atoms with Gasteiger partial charge in [0.2, 0.25) is 6.41 Å². The molecule has 0 aromatic heterocycles. The maximum absolute atomic E-state index is 10.8. The molecule has 0 bridgehead atoms. The lowest BCUT2D eigenvalue weighted by Crippen LogP contribution is -2.41. The molecule has 0 aliphatic carbocycles. The lowest BCUT2D eigenvalue weighted by molar-refractivity contribution is -0.139. The quantitative estimate of drug-likeness (QED) is 0.545. The fourth-order valence-electron chi connectivity index (χ4n) is 1.65. The van der Waals surface area contributed by atoms with Crippen LogP contribution >= 0.6 is 0 Å². The summed E-state index contributed by atoms with van der Waals surface area (Å²) in [6.45, 7) is 4.35. The number of ether oxygens (including phenoxy) is 1. The summed E-state index contributed by atoms with van der Waals surface area (Å²) >= 11 is 0. The molecule has 0 fully saturated rings. The number of nitrogens with one attached hydrogen (secondary N) is 1. The number of carbonyl (C=O) groups excluding carboxylic acids is 1. The third-order valence-electron chi connectivity index (χ3n) is 2.50. The molecule has 0 radical (unpaired) electrons. The predicted octanol–water partition coefficient (Wildman–Crippen LogP) is 1.68. The van der Waals surface area contributed by atoms with E-state index in [0.29, 0.717) is 18.9 Å². The van der Waals surface area contributed by atoms with Crippen molar-refractivity contribution in [1.29, 1.82) is 0 Å². The van der Waals surface area contributed by atoms with Gasteiger partial charge in [-0.2, -0.15) is 0 Å². The largest absolute Gasteiger partial charge is 0.356 e. The van der Waals surface area contributed by atoms with Gasteiger partial charge in [-0.3, -0.25) is 5.32 Å². The molecule has 4 heteroatoms. The van der Waals surface area contributed by atoms with E-state index in [1.165, 1.54) is 0 Å². The zero-order valence-corrected chi connectivity index (χ0v) is 10.9. The van der Waals surface area contributed by atoms with Crippen molar-refractivity contribution >= 4 is 6.29 Å². The SMILES string of the molecule is CC(C)C[C@@H](C=O)NC(O)OCc1ccccc1. The number of carbonyl (C=O) groups is 1. The van der Waals surface area contributed by atoms with Gasteiger partial charge in [-0.05, 0) is 17.9 Å². The topological polar surface area (TPSA) is 58.6 Å². The fourth-order valence-corrected chi connectivity index (χ4v) is 1.65. The lowest BCUT2D eigenvalue weighted by atomic mass is 10.1. The summed E-state index contributed by atoms with van der Waals surface area (Å²) in [5.74, 6) is 0.383. The van der Waals surface area contributed by atoms with Crippen LogP contribution in [0.3, 0.4) is 0 Å². The van der Waals surface area contributed by atoms with Gasteiger partial charge >= 0.3 is 0 Å². The van der Waals surface area contributed by atoms with Crippen molar-refractivity contribution < 1.29 is 14.6 Å². The molecule has 0 aliphatic heterocycles. The van der Waals surface area contributed by atoms with Crippen molar-refractivity contribution in [2.75, 3.05) is 0 Å². The first-order valence-corrected chi connectivity index (χ1v) is 6.16. The van der Waals surface area contributed by atoms with E-state index >= 15 is 0 Å². The Bertz CT molecular complexity index is 340. The number of benzene rings is 1. The Kier molecular flexibility index (Phi) is 6.57. The molecule has 2 atom stereocenters. The number of rotatable bonds is 8. The van der Waals surface area contributed by atoms with Gasteiger partial charge in [-0.1, -0.05) is 44.2 Å². The lowest BCUT2D eigenvalue weighted by Gasteiger charge is -2.19. The van der Waals surface area contributed by atoms with Crippen LogP contribution in [0, 0.1) is 5.92 Å². The summed E-state index contributed by atoms with van der Waals surface area (Å²) in [6.07, 6.45) is 0.351. The molecule has 1 unspecified atom stereocenters. The van der Waals surface area contributed by atoms with E-state index in [9.17, 15) is 9.90 Å². The maximum atomic E-state index is 10.8. The highest BCUT2D eigenvalue weighted by molar-refractivity contribution is 5.57. The van der Waals surface area contributed by atoms with E-state index < -0.39 is 6.41 Å². The van der Waals surface area contributed by atoms with Gasteiger partial charge in [0.15, 0.2) is 0 Å². The van der Waals surface area contributed by atoms with Crippen molar-refractivity contribution in [3.05, 3.63) is 35.9 Å². The number of hydrogen-bond donors (Lipinski definition) is 2. The van der Waals surface area contributed by atoms with Crippen LogP contribution in [0.5, 0.6) is 0 Å². The van der Waals surface area contributed by atoms with Gasteiger partial charge in [0, 0.05) is 0 Å². The Morgan fingerprint density at radius 1 is 1.33 bits per heavy atom. The van der Waals surface area contributed by atoms with Crippen molar-refractivity contribution in [3.8, 4) is 0 Å². The van der Waals surface area contributed by atoms with Crippen LogP contribution in [-0.2, 0) is 16.1 Å². The molecule has 1 rings (SSSR count). The highest BCUT2D eigenvalue weighted by Gasteiger charge is 2.14. The first kappa shape index (κ1) is 14.8. The maximum Gasteiger partial charge on any atom is 0.214 e. The molecule has 1 aromatic carbocycles. The average molecular weight is 251 g/mol. The standard InChI is InChI=1S/C14H21NO3/c1-11(2)8-13(9-16)15-14(17)18-10-12-6-4-3-5-7-12/h3-7,9,11,13-15,17H,8,10H2,1-2H3/t13-,14?/m0/s1. The van der Waals surface area contributed by atoms with Crippen molar-refractivity contribution in [1.82, 2.24) is 5.32 Å². The van der Waals surface area contributed by atoms with Gasteiger partial charge in [-0.15, -0.1) is 0 Å². The van der Waals surface area contributed by atoms with Crippen molar-refractivity contribution in [2.24, 2.45) is 5.92 Å². The number of hydrogen-bond acceptors (Lipinski definition) is 4. The highest BCUT2D eigenvalue weighted by Crippen LogP contribution is 2.05. The second kappa shape index (κ2) is 7.97. The molecule has 4 nitrogen and oxygen atoms in total. The van der Waals surface area contributed by atoms with Crippen LogP contribution in [0.1, 0.15) is 25.8 Å². The molecule has 0 aliphatic rings. The minimum absolute atomic E-state index is 0.308. The number of aliphatic hydroxyl groups is 1. The van der Waals surface area contributed by atoms with Gasteiger partial charge in [0.25, 0.3) is 0 Å². The molecule has 0 saturated carbocycles. The molecule has 100 valence electrons. The summed E-state index contributed by atoms with van der Waals surface area (Å²) in [5, 5.41) is 12.4. The predicted molar refractivity (Wildman–Crippen MR) is 69.7 cm³/mol. The fraction of sp³-hybridized carbons (Fsp3) is 0.500. The van der Waals surface area contributed by atoms with Gasteiger partial charge < -0.3 is 14.6 Å². The molecule has 2 N–H and O–H groups in total. The Morgan fingerprint density at radius 2 is 2.00 bits per heavy atom. The van der Waals surface area contributed by atoms with Gasteiger partial charge in [-0.25, -0.2) is 0 Å². The Morgan fingerprint density at radius 3 is 2.56 bits per heavy atom. The third kappa shape index (κ3) is 5.91. The average Bonchev–Trinajstić information content (AvgIpc) is 2.36. The molecule has 0 amide bonds. The minimum atomic E-state index is -1.13. The Hall–Kier alpha value is -1.23. The van der Waals surface area contributed by atoms with Crippen LogP contribution in [0.25, 0.3) is 0 Å². The van der Waals surface area contributed by atoms with Crippen molar-refractivity contribution in [2.45, 2.75) is 39.3 Å².